The third-order valence-electron chi connectivity index (χ3n) is 3.58. The van der Waals surface area contributed by atoms with Gasteiger partial charge in [0.15, 0.2) is 0 Å². The average Bonchev–Trinajstić information content (AvgIpc) is 2.40. The van der Waals surface area contributed by atoms with Crippen LogP contribution in [0.4, 0.5) is 0 Å². The van der Waals surface area contributed by atoms with Gasteiger partial charge in [0.05, 0.1) is 5.56 Å². The summed E-state index contributed by atoms with van der Waals surface area (Å²) in [5, 5.41) is 3.94. The van der Waals surface area contributed by atoms with Crippen molar-refractivity contribution in [2.24, 2.45) is 5.41 Å². The van der Waals surface area contributed by atoms with Crippen molar-refractivity contribution in [1.82, 2.24) is 5.32 Å². The summed E-state index contributed by atoms with van der Waals surface area (Å²) in [5.74, 6) is -0.0356. The molecule has 0 aliphatic heterocycles. The number of carbonyl (C=O) groups excluding carboxylic acids is 1. The third-order valence-corrected chi connectivity index (χ3v) is 5.92. The molecule has 1 aromatic carbocycles. The molecule has 19 heavy (non-hydrogen) atoms. The first-order valence-electron chi connectivity index (χ1n) is 6.27. The summed E-state index contributed by atoms with van der Waals surface area (Å²) in [5.41, 5.74) is 0.802. The van der Waals surface area contributed by atoms with Crippen molar-refractivity contribution in [2.75, 3.05) is 11.9 Å². The lowest BCUT2D eigenvalue weighted by Crippen LogP contribution is -2.38. The number of hydrogen-bond donors (Lipinski definition) is 1. The predicted octanol–water partition coefficient (Wildman–Crippen LogP) is 5.14. The van der Waals surface area contributed by atoms with Gasteiger partial charge in [0.2, 0.25) is 0 Å². The van der Waals surface area contributed by atoms with Crippen LogP contribution in [-0.2, 0) is 0 Å². The van der Waals surface area contributed by atoms with Gasteiger partial charge in [-0.25, -0.2) is 0 Å². The first-order valence-corrected chi connectivity index (χ1v) is 8.98. The molecule has 106 valence electrons. The van der Waals surface area contributed by atoms with Crippen LogP contribution < -0.4 is 5.32 Å². The lowest BCUT2D eigenvalue weighted by atomic mass is 9.84. The Bertz CT molecular complexity index is 436. The average molecular weight is 456 g/mol. The molecule has 0 atom stereocenters. The Labute approximate surface area is 140 Å². The van der Waals surface area contributed by atoms with E-state index in [0.717, 1.165) is 27.1 Å². The van der Waals surface area contributed by atoms with E-state index in [1.54, 1.807) is 0 Å². The van der Waals surface area contributed by atoms with Gasteiger partial charge in [0.25, 0.3) is 5.91 Å². The summed E-state index contributed by atoms with van der Waals surface area (Å²) in [7, 11) is 0. The van der Waals surface area contributed by atoms with Crippen LogP contribution >= 0.6 is 47.8 Å². The zero-order chi connectivity index (χ0) is 14.5. The van der Waals surface area contributed by atoms with Gasteiger partial charge >= 0.3 is 0 Å². The van der Waals surface area contributed by atoms with Crippen LogP contribution in [0.15, 0.2) is 27.1 Å². The van der Waals surface area contributed by atoms with E-state index in [2.05, 4.69) is 67.0 Å². The molecule has 5 heteroatoms. The molecular weight excluding hydrogens is 438 g/mol. The molecule has 0 aliphatic carbocycles. The third kappa shape index (κ3) is 4.57. The molecule has 0 aromatic heterocycles. The number of nitrogens with one attached hydrogen (secondary N) is 1. The molecule has 2 nitrogen and oxygen atoms in total. The fraction of sp³-hybridized carbons (Fsp3) is 0.500. The monoisotopic (exact) mass is 453 g/mol. The van der Waals surface area contributed by atoms with E-state index in [-0.39, 0.29) is 11.3 Å². The Hall–Kier alpha value is 0.130. The standard InChI is InChI=1S/C14H18Br3NO/c1-3-14(4-2,8-15)9-18-13(19)11-6-5-10(16)7-12(11)17/h5-7H,3-4,8-9H2,1-2H3,(H,18,19). The van der Waals surface area contributed by atoms with Crippen molar-refractivity contribution in [2.45, 2.75) is 26.7 Å². The van der Waals surface area contributed by atoms with E-state index in [0.29, 0.717) is 12.1 Å². The number of benzene rings is 1. The number of halogens is 3. The van der Waals surface area contributed by atoms with Crippen LogP contribution in [0.1, 0.15) is 37.0 Å². The second kappa shape index (κ2) is 7.79. The highest BCUT2D eigenvalue weighted by atomic mass is 79.9. The zero-order valence-electron chi connectivity index (χ0n) is 11.1. The molecule has 0 fully saturated rings. The van der Waals surface area contributed by atoms with E-state index >= 15 is 0 Å². The van der Waals surface area contributed by atoms with Crippen LogP contribution in [0.3, 0.4) is 0 Å². The Morgan fingerprint density at radius 1 is 1.26 bits per heavy atom. The number of alkyl halides is 1. The first-order chi connectivity index (χ1) is 8.98. The van der Waals surface area contributed by atoms with Gasteiger partial charge < -0.3 is 5.32 Å². The highest BCUT2D eigenvalue weighted by molar-refractivity contribution is 9.11. The summed E-state index contributed by atoms with van der Waals surface area (Å²) in [6.07, 6.45) is 2.08. The summed E-state index contributed by atoms with van der Waals surface area (Å²) >= 11 is 10.4. The Morgan fingerprint density at radius 3 is 2.37 bits per heavy atom. The van der Waals surface area contributed by atoms with Gasteiger partial charge in [0, 0.05) is 20.8 Å². The molecule has 0 saturated carbocycles. The minimum atomic E-state index is -0.0356. The van der Waals surface area contributed by atoms with E-state index in [1.165, 1.54) is 0 Å². The smallest absolute Gasteiger partial charge is 0.252 e. The number of amides is 1. The number of carbonyl (C=O) groups is 1. The molecular formula is C14H18Br3NO. The van der Waals surface area contributed by atoms with Crippen molar-refractivity contribution in [3.63, 3.8) is 0 Å². The molecule has 0 unspecified atom stereocenters. The van der Waals surface area contributed by atoms with Crippen LogP contribution in [0, 0.1) is 5.41 Å². The summed E-state index contributed by atoms with van der Waals surface area (Å²) in [6.45, 7) is 5.01. The Kier molecular flexibility index (Phi) is 7.05. The zero-order valence-corrected chi connectivity index (χ0v) is 15.9. The molecule has 0 saturated heterocycles. The topological polar surface area (TPSA) is 29.1 Å². The van der Waals surface area contributed by atoms with Crippen molar-refractivity contribution in [3.05, 3.63) is 32.7 Å². The predicted molar refractivity (Wildman–Crippen MR) is 91.0 cm³/mol. The second-order valence-corrected chi connectivity index (χ2v) is 6.98. The maximum absolute atomic E-state index is 12.2. The van der Waals surface area contributed by atoms with Gasteiger partial charge in [-0.15, -0.1) is 0 Å². The van der Waals surface area contributed by atoms with E-state index in [9.17, 15) is 4.79 Å². The second-order valence-electron chi connectivity index (χ2n) is 4.65. The van der Waals surface area contributed by atoms with E-state index in [1.807, 2.05) is 18.2 Å². The van der Waals surface area contributed by atoms with Crippen molar-refractivity contribution in [3.8, 4) is 0 Å². The minimum Gasteiger partial charge on any atom is -0.351 e. The first kappa shape index (κ1) is 17.2. The van der Waals surface area contributed by atoms with Crippen LogP contribution in [0.5, 0.6) is 0 Å². The summed E-state index contributed by atoms with van der Waals surface area (Å²) in [4.78, 5) is 12.2. The fourth-order valence-corrected chi connectivity index (χ4v) is 3.99. The maximum atomic E-state index is 12.2. The Balaban J connectivity index is 2.75. The number of hydrogen-bond acceptors (Lipinski definition) is 1. The van der Waals surface area contributed by atoms with Crippen LogP contribution in [0.2, 0.25) is 0 Å². The minimum absolute atomic E-state index is 0.0356. The van der Waals surface area contributed by atoms with Crippen LogP contribution in [0.25, 0.3) is 0 Å². The molecule has 0 radical (unpaired) electrons. The molecule has 1 rings (SSSR count). The molecule has 1 aromatic rings. The molecule has 1 N–H and O–H groups in total. The van der Waals surface area contributed by atoms with Gasteiger partial charge in [-0.3, -0.25) is 4.79 Å². The number of rotatable bonds is 6. The molecule has 0 spiro atoms. The van der Waals surface area contributed by atoms with Gasteiger partial charge in [-0.2, -0.15) is 0 Å². The van der Waals surface area contributed by atoms with Crippen LogP contribution in [-0.4, -0.2) is 17.8 Å². The van der Waals surface area contributed by atoms with E-state index in [4.69, 9.17) is 0 Å². The molecule has 0 heterocycles. The quantitative estimate of drug-likeness (QED) is 0.591. The van der Waals surface area contributed by atoms with Gasteiger partial charge in [-0.1, -0.05) is 45.7 Å². The molecule has 1 amide bonds. The van der Waals surface area contributed by atoms with Crippen molar-refractivity contribution >= 4 is 53.7 Å². The highest BCUT2D eigenvalue weighted by Gasteiger charge is 2.25. The summed E-state index contributed by atoms with van der Waals surface area (Å²) < 4.78 is 1.75. The van der Waals surface area contributed by atoms with E-state index < -0.39 is 0 Å². The fourth-order valence-electron chi connectivity index (χ4n) is 1.77. The molecule has 0 bridgehead atoms. The lowest BCUT2D eigenvalue weighted by molar-refractivity contribution is 0.0931. The normalized spacial score (nSPS) is 11.4. The largest absolute Gasteiger partial charge is 0.351 e. The highest BCUT2D eigenvalue weighted by Crippen LogP contribution is 2.28. The van der Waals surface area contributed by atoms with Gasteiger partial charge in [0.1, 0.15) is 0 Å². The Morgan fingerprint density at radius 2 is 1.89 bits per heavy atom. The van der Waals surface area contributed by atoms with Crippen molar-refractivity contribution in [1.29, 1.82) is 0 Å². The van der Waals surface area contributed by atoms with Crippen molar-refractivity contribution < 1.29 is 4.79 Å². The SMILES string of the molecule is CCC(CC)(CBr)CNC(=O)c1ccc(Br)cc1Br. The lowest BCUT2D eigenvalue weighted by Gasteiger charge is -2.29. The maximum Gasteiger partial charge on any atom is 0.252 e. The molecule has 0 aliphatic rings. The van der Waals surface area contributed by atoms with Gasteiger partial charge in [-0.05, 0) is 52.4 Å². The summed E-state index contributed by atoms with van der Waals surface area (Å²) in [6, 6.07) is 5.57.